The Morgan fingerprint density at radius 1 is 1.20 bits per heavy atom. The van der Waals surface area contributed by atoms with Crippen LogP contribution in [0.2, 0.25) is 0 Å². The molecule has 6 nitrogen and oxygen atoms in total. The lowest BCUT2D eigenvalue weighted by Gasteiger charge is -2.09. The van der Waals surface area contributed by atoms with Gasteiger partial charge in [-0.25, -0.2) is 4.39 Å². The van der Waals surface area contributed by atoms with Gasteiger partial charge in [-0.05, 0) is 65.7 Å². The summed E-state index contributed by atoms with van der Waals surface area (Å²) in [6.07, 6.45) is 0. The van der Waals surface area contributed by atoms with E-state index in [1.54, 1.807) is 4.68 Å². The molecule has 3 aromatic rings. The van der Waals surface area contributed by atoms with Crippen LogP contribution >= 0.6 is 11.8 Å². The van der Waals surface area contributed by atoms with Crippen LogP contribution in [0.5, 0.6) is 0 Å². The minimum absolute atomic E-state index is 0.141. The minimum Gasteiger partial charge on any atom is -0.325 e. The van der Waals surface area contributed by atoms with Crippen molar-refractivity contribution in [3.05, 3.63) is 59.4 Å². The summed E-state index contributed by atoms with van der Waals surface area (Å²) in [7, 11) is 0. The number of benzene rings is 2. The second kappa shape index (κ2) is 7.43. The molecule has 25 heavy (non-hydrogen) atoms. The van der Waals surface area contributed by atoms with Gasteiger partial charge in [0.25, 0.3) is 0 Å². The van der Waals surface area contributed by atoms with Gasteiger partial charge in [-0.15, -0.1) is 5.10 Å². The molecule has 3 rings (SSSR count). The van der Waals surface area contributed by atoms with Crippen molar-refractivity contribution < 1.29 is 9.18 Å². The van der Waals surface area contributed by atoms with Crippen molar-refractivity contribution in [3.8, 4) is 5.69 Å². The first-order valence-electron chi connectivity index (χ1n) is 7.58. The Kier molecular flexibility index (Phi) is 5.08. The van der Waals surface area contributed by atoms with E-state index in [0.717, 1.165) is 16.8 Å². The van der Waals surface area contributed by atoms with Crippen LogP contribution in [0, 0.1) is 19.7 Å². The van der Waals surface area contributed by atoms with Gasteiger partial charge in [-0.2, -0.15) is 4.68 Å². The quantitative estimate of drug-likeness (QED) is 0.710. The molecular weight excluding hydrogens is 341 g/mol. The molecule has 0 fully saturated rings. The van der Waals surface area contributed by atoms with E-state index in [0.29, 0.717) is 10.8 Å². The summed E-state index contributed by atoms with van der Waals surface area (Å²) in [6.45, 7) is 4.02. The Labute approximate surface area is 148 Å². The number of carbonyl (C=O) groups excluding carboxylic acids is 1. The van der Waals surface area contributed by atoms with Gasteiger partial charge in [-0.3, -0.25) is 4.79 Å². The van der Waals surface area contributed by atoms with E-state index in [4.69, 9.17) is 0 Å². The number of thioether (sulfide) groups is 1. The Hall–Kier alpha value is -2.74. The first-order valence-corrected chi connectivity index (χ1v) is 8.56. The summed E-state index contributed by atoms with van der Waals surface area (Å²) >= 11 is 1.23. The van der Waals surface area contributed by atoms with E-state index in [9.17, 15) is 9.18 Å². The molecule has 0 unspecified atom stereocenters. The second-order valence-corrected chi connectivity index (χ2v) is 6.38. The fraction of sp³-hybridized carbons (Fsp3) is 0.176. The molecule has 0 saturated heterocycles. The smallest absolute Gasteiger partial charge is 0.234 e. The van der Waals surface area contributed by atoms with Crippen LogP contribution in [0.25, 0.3) is 5.69 Å². The zero-order chi connectivity index (χ0) is 17.8. The van der Waals surface area contributed by atoms with Gasteiger partial charge < -0.3 is 5.32 Å². The highest BCUT2D eigenvalue weighted by atomic mass is 32.2. The summed E-state index contributed by atoms with van der Waals surface area (Å²) in [6, 6.07) is 11.5. The SMILES string of the molecule is Cc1cccc(-n2nnnc2SCC(=O)Nc2ccc(F)cc2)c1C. The molecule has 1 aromatic heterocycles. The summed E-state index contributed by atoms with van der Waals surface area (Å²) in [5.41, 5.74) is 3.64. The Morgan fingerprint density at radius 2 is 1.96 bits per heavy atom. The van der Waals surface area contributed by atoms with Crippen molar-refractivity contribution in [2.75, 3.05) is 11.1 Å². The van der Waals surface area contributed by atoms with Gasteiger partial charge >= 0.3 is 0 Å². The fourth-order valence-electron chi connectivity index (χ4n) is 2.25. The van der Waals surface area contributed by atoms with Crippen LogP contribution in [0.1, 0.15) is 11.1 Å². The summed E-state index contributed by atoms with van der Waals surface area (Å²) in [5.74, 6) is -0.421. The summed E-state index contributed by atoms with van der Waals surface area (Å²) in [5, 5.41) is 15.0. The summed E-state index contributed by atoms with van der Waals surface area (Å²) in [4.78, 5) is 12.1. The Morgan fingerprint density at radius 3 is 2.72 bits per heavy atom. The zero-order valence-corrected chi connectivity index (χ0v) is 14.5. The van der Waals surface area contributed by atoms with E-state index >= 15 is 0 Å². The number of hydrogen-bond acceptors (Lipinski definition) is 5. The predicted octanol–water partition coefficient (Wildman–Crippen LogP) is 3.15. The van der Waals surface area contributed by atoms with Crippen molar-refractivity contribution >= 4 is 23.4 Å². The number of anilines is 1. The maximum atomic E-state index is 12.9. The van der Waals surface area contributed by atoms with Gasteiger partial charge in [0.2, 0.25) is 11.1 Å². The van der Waals surface area contributed by atoms with E-state index in [-0.39, 0.29) is 17.5 Å². The second-order valence-electron chi connectivity index (χ2n) is 5.44. The van der Waals surface area contributed by atoms with Crippen molar-refractivity contribution in [2.45, 2.75) is 19.0 Å². The topological polar surface area (TPSA) is 72.7 Å². The highest BCUT2D eigenvalue weighted by molar-refractivity contribution is 7.99. The number of aromatic nitrogens is 4. The number of amides is 1. The molecule has 0 aliphatic rings. The van der Waals surface area contributed by atoms with Gasteiger partial charge in [-0.1, -0.05) is 23.9 Å². The Bertz CT molecular complexity index is 894. The van der Waals surface area contributed by atoms with Crippen LogP contribution in [0.3, 0.4) is 0 Å². The number of nitrogens with zero attached hydrogens (tertiary/aromatic N) is 4. The molecule has 0 aliphatic heterocycles. The highest BCUT2D eigenvalue weighted by Gasteiger charge is 2.13. The zero-order valence-electron chi connectivity index (χ0n) is 13.7. The van der Waals surface area contributed by atoms with Crippen LogP contribution < -0.4 is 5.32 Å². The van der Waals surface area contributed by atoms with Crippen LogP contribution in [-0.4, -0.2) is 31.9 Å². The standard InChI is InChI=1S/C17H16FN5OS/c1-11-4-3-5-15(12(11)2)23-17(20-21-22-23)25-10-16(24)19-14-8-6-13(18)7-9-14/h3-9H,10H2,1-2H3,(H,19,24). The fourth-order valence-corrected chi connectivity index (χ4v) is 2.93. The molecule has 128 valence electrons. The van der Waals surface area contributed by atoms with Gasteiger partial charge in [0, 0.05) is 5.69 Å². The van der Waals surface area contributed by atoms with Crippen molar-refractivity contribution in [3.63, 3.8) is 0 Å². The molecule has 0 aliphatic carbocycles. The van der Waals surface area contributed by atoms with E-state index in [1.807, 2.05) is 32.0 Å². The molecule has 1 amide bonds. The van der Waals surface area contributed by atoms with E-state index in [2.05, 4.69) is 20.8 Å². The van der Waals surface area contributed by atoms with E-state index in [1.165, 1.54) is 36.0 Å². The minimum atomic E-state index is -0.347. The molecule has 0 saturated carbocycles. The average molecular weight is 357 g/mol. The number of aryl methyl sites for hydroxylation is 1. The molecule has 0 bridgehead atoms. The Balaban J connectivity index is 1.68. The van der Waals surface area contributed by atoms with E-state index < -0.39 is 0 Å². The number of hydrogen-bond donors (Lipinski definition) is 1. The molecular formula is C17H16FN5OS. The molecule has 0 spiro atoms. The largest absolute Gasteiger partial charge is 0.325 e. The number of halogens is 1. The first kappa shape index (κ1) is 17.1. The number of carbonyl (C=O) groups is 1. The average Bonchev–Trinajstić information content (AvgIpc) is 3.06. The van der Waals surface area contributed by atoms with Gasteiger partial charge in [0.1, 0.15) is 5.82 Å². The van der Waals surface area contributed by atoms with Crippen molar-refractivity contribution in [2.24, 2.45) is 0 Å². The monoisotopic (exact) mass is 357 g/mol. The number of nitrogens with one attached hydrogen (secondary N) is 1. The van der Waals surface area contributed by atoms with Crippen molar-refractivity contribution in [1.29, 1.82) is 0 Å². The van der Waals surface area contributed by atoms with Gasteiger partial charge in [0.05, 0.1) is 11.4 Å². The molecule has 0 radical (unpaired) electrons. The lowest BCUT2D eigenvalue weighted by atomic mass is 10.1. The molecule has 2 aromatic carbocycles. The highest BCUT2D eigenvalue weighted by Crippen LogP contribution is 2.22. The maximum absolute atomic E-state index is 12.9. The number of rotatable bonds is 5. The third-order valence-electron chi connectivity index (χ3n) is 3.71. The summed E-state index contributed by atoms with van der Waals surface area (Å²) < 4.78 is 14.5. The van der Waals surface area contributed by atoms with Crippen LogP contribution in [-0.2, 0) is 4.79 Å². The van der Waals surface area contributed by atoms with Gasteiger partial charge in [0.15, 0.2) is 0 Å². The maximum Gasteiger partial charge on any atom is 0.234 e. The molecule has 8 heteroatoms. The van der Waals surface area contributed by atoms with Crippen LogP contribution in [0.15, 0.2) is 47.6 Å². The lowest BCUT2D eigenvalue weighted by Crippen LogP contribution is -2.14. The molecule has 0 atom stereocenters. The third-order valence-corrected chi connectivity index (χ3v) is 4.62. The lowest BCUT2D eigenvalue weighted by molar-refractivity contribution is -0.113. The first-order chi connectivity index (χ1) is 12.0. The number of tetrazole rings is 1. The molecule has 1 heterocycles. The van der Waals surface area contributed by atoms with Crippen molar-refractivity contribution in [1.82, 2.24) is 20.2 Å². The normalized spacial score (nSPS) is 10.7. The third kappa shape index (κ3) is 4.03. The molecule has 1 N–H and O–H groups in total. The predicted molar refractivity (Wildman–Crippen MR) is 94.4 cm³/mol. The van der Waals surface area contributed by atoms with Crippen LogP contribution in [0.4, 0.5) is 10.1 Å².